The largest absolute Gasteiger partial charge is 0.481 e. The van der Waals surface area contributed by atoms with E-state index in [0.29, 0.717) is 27.9 Å². The summed E-state index contributed by atoms with van der Waals surface area (Å²) < 4.78 is 5.59. The van der Waals surface area contributed by atoms with Gasteiger partial charge in [0.2, 0.25) is 0 Å². The van der Waals surface area contributed by atoms with Crippen LogP contribution in [-0.4, -0.2) is 57.3 Å². The molecule has 1 atom stereocenters. The van der Waals surface area contributed by atoms with Crippen LogP contribution in [-0.2, 0) is 9.53 Å². The number of carboxylic acids is 1. The number of rotatable bonds is 7. The molecule has 4 rings (SSSR count). The molecule has 0 bridgehead atoms. The van der Waals surface area contributed by atoms with E-state index in [-0.39, 0.29) is 19.1 Å². The fourth-order valence-electron chi connectivity index (χ4n) is 3.60. The lowest BCUT2D eigenvalue weighted by molar-refractivity contribution is -0.138. The predicted octanol–water partition coefficient (Wildman–Crippen LogP) is 3.79. The number of pyridine rings is 1. The number of aliphatic carboxylic acids is 1. The monoisotopic (exact) mass is 435 g/mol. The molecule has 0 amide bonds. The number of hydrogen-bond acceptors (Lipinski definition) is 6. The molecule has 10 heteroatoms. The maximum atomic E-state index is 10.7. The summed E-state index contributed by atoms with van der Waals surface area (Å²) in [6.45, 7) is 1.45. The number of carboxylic acid groups (broad SMARTS) is 1. The topological polar surface area (TPSA) is 104 Å². The Kier molecular flexibility index (Phi) is 5.84. The molecule has 1 fully saturated rings. The van der Waals surface area contributed by atoms with E-state index in [1.54, 1.807) is 12.3 Å². The van der Waals surface area contributed by atoms with Crippen molar-refractivity contribution in [1.82, 2.24) is 20.4 Å². The minimum absolute atomic E-state index is 0.00857. The van der Waals surface area contributed by atoms with Crippen LogP contribution < -0.4 is 4.90 Å². The van der Waals surface area contributed by atoms with Gasteiger partial charge in [-0.15, -0.1) is 5.10 Å². The van der Waals surface area contributed by atoms with Crippen LogP contribution >= 0.6 is 23.2 Å². The van der Waals surface area contributed by atoms with Crippen molar-refractivity contribution < 1.29 is 14.6 Å². The summed E-state index contributed by atoms with van der Waals surface area (Å²) in [4.78, 5) is 17.6. The van der Waals surface area contributed by atoms with Crippen LogP contribution in [0.15, 0.2) is 24.4 Å². The molecule has 0 saturated carbocycles. The molecule has 3 heterocycles. The van der Waals surface area contributed by atoms with E-state index < -0.39 is 5.97 Å². The molecule has 1 saturated heterocycles. The van der Waals surface area contributed by atoms with Gasteiger partial charge < -0.3 is 14.7 Å². The molecule has 0 aliphatic carbocycles. The summed E-state index contributed by atoms with van der Waals surface area (Å²) in [5, 5.41) is 21.1. The van der Waals surface area contributed by atoms with Crippen molar-refractivity contribution in [2.24, 2.45) is 0 Å². The Hall–Kier alpha value is -2.42. The second kappa shape index (κ2) is 8.52. The van der Waals surface area contributed by atoms with Crippen LogP contribution in [0, 0.1) is 0 Å². The van der Waals surface area contributed by atoms with E-state index in [2.05, 4.69) is 20.3 Å². The van der Waals surface area contributed by atoms with Gasteiger partial charge in [-0.1, -0.05) is 34.5 Å². The van der Waals surface area contributed by atoms with E-state index in [1.165, 1.54) is 0 Å². The number of benzene rings is 1. The lowest BCUT2D eigenvalue weighted by atomic mass is 10.1. The van der Waals surface area contributed by atoms with E-state index in [4.69, 9.17) is 38.0 Å². The molecule has 1 aliphatic heterocycles. The number of aromatic amines is 1. The molecule has 0 radical (unpaired) electrons. The van der Waals surface area contributed by atoms with Crippen LogP contribution in [0.5, 0.6) is 0 Å². The minimum atomic E-state index is -0.867. The second-order valence-electron chi connectivity index (χ2n) is 6.85. The zero-order valence-electron chi connectivity index (χ0n) is 15.4. The second-order valence-corrected chi connectivity index (χ2v) is 7.64. The maximum Gasteiger partial charge on any atom is 0.305 e. The van der Waals surface area contributed by atoms with E-state index in [0.717, 1.165) is 36.2 Å². The molecule has 3 aromatic rings. The van der Waals surface area contributed by atoms with E-state index in [1.807, 2.05) is 12.1 Å². The Morgan fingerprint density at radius 3 is 3.00 bits per heavy atom. The molecule has 0 unspecified atom stereocenters. The molecule has 2 aromatic heterocycles. The average molecular weight is 436 g/mol. The summed E-state index contributed by atoms with van der Waals surface area (Å²) in [5.74, 6) is -0.114. The first kappa shape index (κ1) is 19.9. The van der Waals surface area contributed by atoms with Crippen molar-refractivity contribution >= 4 is 45.9 Å². The van der Waals surface area contributed by atoms with Crippen molar-refractivity contribution in [3.8, 4) is 11.3 Å². The highest BCUT2D eigenvalue weighted by molar-refractivity contribution is 6.45. The number of carbonyl (C=O) groups is 1. The quantitative estimate of drug-likeness (QED) is 0.543. The van der Waals surface area contributed by atoms with Crippen LogP contribution in [0.2, 0.25) is 10.0 Å². The number of fused-ring (bicyclic) bond motifs is 1. The molecular formula is C19H19Cl2N5O3. The van der Waals surface area contributed by atoms with Crippen LogP contribution in [0.25, 0.3) is 22.2 Å². The smallest absolute Gasteiger partial charge is 0.305 e. The molecule has 2 N–H and O–H groups in total. The van der Waals surface area contributed by atoms with Crippen molar-refractivity contribution in [3.63, 3.8) is 0 Å². The first-order chi connectivity index (χ1) is 14.0. The summed E-state index contributed by atoms with van der Waals surface area (Å²) in [6.07, 6.45) is 3.65. The number of nitrogens with zero attached hydrogens (tertiary/aromatic N) is 4. The highest BCUT2D eigenvalue weighted by Crippen LogP contribution is 2.38. The van der Waals surface area contributed by atoms with Crippen LogP contribution in [0.4, 0.5) is 5.82 Å². The van der Waals surface area contributed by atoms with Crippen molar-refractivity contribution in [3.05, 3.63) is 34.4 Å². The summed E-state index contributed by atoms with van der Waals surface area (Å²) in [6, 6.07) is 5.70. The van der Waals surface area contributed by atoms with Gasteiger partial charge in [-0.25, -0.2) is 4.98 Å². The van der Waals surface area contributed by atoms with E-state index >= 15 is 0 Å². The first-order valence-corrected chi connectivity index (χ1v) is 10.0. The Morgan fingerprint density at radius 1 is 1.38 bits per heavy atom. The van der Waals surface area contributed by atoms with Gasteiger partial charge in [0.25, 0.3) is 0 Å². The van der Waals surface area contributed by atoms with Gasteiger partial charge in [0.15, 0.2) is 0 Å². The molecule has 0 spiro atoms. The number of hydrogen-bond donors (Lipinski definition) is 2. The summed E-state index contributed by atoms with van der Waals surface area (Å²) >= 11 is 12.7. The van der Waals surface area contributed by atoms with Gasteiger partial charge in [0, 0.05) is 17.5 Å². The Morgan fingerprint density at radius 2 is 2.24 bits per heavy atom. The first-order valence-electron chi connectivity index (χ1n) is 9.26. The predicted molar refractivity (Wildman–Crippen MR) is 111 cm³/mol. The fourth-order valence-corrected chi connectivity index (χ4v) is 3.96. The number of aromatic nitrogens is 4. The average Bonchev–Trinajstić information content (AvgIpc) is 3.39. The van der Waals surface area contributed by atoms with Crippen LogP contribution in [0.3, 0.4) is 0 Å². The maximum absolute atomic E-state index is 10.7. The van der Waals surface area contributed by atoms with Gasteiger partial charge in [-0.2, -0.15) is 0 Å². The van der Waals surface area contributed by atoms with Gasteiger partial charge in [0.1, 0.15) is 11.5 Å². The number of nitrogens with one attached hydrogen (secondary N) is 1. The minimum Gasteiger partial charge on any atom is -0.481 e. The van der Waals surface area contributed by atoms with Gasteiger partial charge in [0.05, 0.1) is 47.4 Å². The Balaban J connectivity index is 1.69. The molecule has 8 nitrogen and oxygen atoms in total. The molecule has 29 heavy (non-hydrogen) atoms. The molecular weight excluding hydrogens is 417 g/mol. The highest BCUT2D eigenvalue weighted by Gasteiger charge is 2.27. The fraction of sp³-hybridized carbons (Fsp3) is 0.368. The zero-order chi connectivity index (χ0) is 20.4. The number of anilines is 1. The van der Waals surface area contributed by atoms with Gasteiger partial charge in [-0.3, -0.25) is 9.89 Å². The normalized spacial score (nSPS) is 16.6. The molecule has 152 valence electrons. The Labute approximate surface area is 176 Å². The zero-order valence-corrected chi connectivity index (χ0v) is 16.9. The van der Waals surface area contributed by atoms with E-state index in [9.17, 15) is 4.79 Å². The SMILES string of the molecule is O=C(O)CCOC[C@@H]1CCCN1c1cc(-c2c[nH]nn2)c2ccc(Cl)c(Cl)c2n1. The Bertz CT molecular complexity index is 1030. The third-order valence-corrected chi connectivity index (χ3v) is 5.79. The standard InChI is InChI=1S/C19H19Cl2N5O3/c20-14-4-3-12-13(15-9-22-25-24-15)8-16(23-19(12)18(14)21)26-6-1-2-11(26)10-29-7-5-17(27)28/h3-4,8-9,11H,1-2,5-7,10H2,(H,27,28)(H,22,24,25)/t11-/m0/s1. The van der Waals surface area contributed by atoms with Crippen LogP contribution in [0.1, 0.15) is 19.3 Å². The summed E-state index contributed by atoms with van der Waals surface area (Å²) in [5.41, 5.74) is 2.15. The lowest BCUT2D eigenvalue weighted by Crippen LogP contribution is -2.34. The molecule has 1 aliphatic rings. The van der Waals surface area contributed by atoms with Gasteiger partial charge >= 0.3 is 5.97 Å². The third-order valence-electron chi connectivity index (χ3n) is 4.99. The number of halogens is 2. The van der Waals surface area contributed by atoms with Gasteiger partial charge in [-0.05, 0) is 25.0 Å². The third kappa shape index (κ3) is 4.14. The van der Waals surface area contributed by atoms with Crippen molar-refractivity contribution in [2.75, 3.05) is 24.7 Å². The number of H-pyrrole nitrogens is 1. The lowest BCUT2D eigenvalue weighted by Gasteiger charge is -2.26. The molecule has 1 aromatic carbocycles. The highest BCUT2D eigenvalue weighted by atomic mass is 35.5. The number of ether oxygens (including phenoxy) is 1. The van der Waals surface area contributed by atoms with Crippen molar-refractivity contribution in [1.29, 1.82) is 0 Å². The van der Waals surface area contributed by atoms with Crippen molar-refractivity contribution in [2.45, 2.75) is 25.3 Å². The summed E-state index contributed by atoms with van der Waals surface area (Å²) in [7, 11) is 0.